The first-order valence-corrected chi connectivity index (χ1v) is 8.27. The van der Waals surface area contributed by atoms with E-state index in [1.165, 1.54) is 12.5 Å². The lowest BCUT2D eigenvalue weighted by Crippen LogP contribution is -2.44. The normalized spacial score (nSPS) is 13.2. The molecule has 1 aliphatic heterocycles. The molecule has 1 aliphatic rings. The summed E-state index contributed by atoms with van der Waals surface area (Å²) in [4.78, 5) is 27.6. The topological polar surface area (TPSA) is 59.1 Å². The van der Waals surface area contributed by atoms with Crippen LogP contribution in [0, 0.1) is 0 Å². The number of hydrogen-bond acceptors (Lipinski definition) is 4. The van der Waals surface area contributed by atoms with Gasteiger partial charge >= 0.3 is 0 Å². The Morgan fingerprint density at radius 2 is 1.79 bits per heavy atom. The van der Waals surface area contributed by atoms with Crippen LogP contribution in [0.1, 0.15) is 31.4 Å². The van der Waals surface area contributed by atoms with E-state index >= 15 is 0 Å². The van der Waals surface area contributed by atoms with Crippen LogP contribution in [-0.4, -0.2) is 55.5 Å². The second-order valence-corrected chi connectivity index (χ2v) is 5.98. The van der Waals surface area contributed by atoms with E-state index < -0.39 is 0 Å². The molecule has 132 valence electrons. The van der Waals surface area contributed by atoms with Crippen LogP contribution in [-0.2, 0) is 22.6 Å². The Labute approximate surface area is 143 Å². The molecule has 0 bridgehead atoms. The predicted octanol–water partition coefficient (Wildman–Crippen LogP) is 1.85. The molecule has 1 aromatic rings. The van der Waals surface area contributed by atoms with Crippen LogP contribution in [0.4, 0.5) is 0 Å². The lowest BCUT2D eigenvalue weighted by atomic mass is 9.98. The van der Waals surface area contributed by atoms with Gasteiger partial charge in [0.25, 0.3) is 0 Å². The van der Waals surface area contributed by atoms with Crippen molar-refractivity contribution in [3.05, 3.63) is 23.3 Å². The van der Waals surface area contributed by atoms with E-state index in [1.807, 2.05) is 19.1 Å². The Bertz CT molecular complexity index is 615. The predicted molar refractivity (Wildman–Crippen MR) is 91.2 cm³/mol. The summed E-state index contributed by atoms with van der Waals surface area (Å²) < 4.78 is 10.7. The standard InChI is InChI=1S/C18H26N2O4/c1-5-7-19(13(2)21)12-18(22)20-8-6-14-9-16(23-3)17(24-4)10-15(14)11-20/h9-10H,5-8,11-12H2,1-4H3. The molecular formula is C18H26N2O4. The van der Waals surface area contributed by atoms with Crippen LogP contribution in [0.3, 0.4) is 0 Å². The van der Waals surface area contributed by atoms with Gasteiger partial charge in [0.15, 0.2) is 11.5 Å². The molecule has 0 saturated heterocycles. The van der Waals surface area contributed by atoms with Gasteiger partial charge in [0.2, 0.25) is 11.8 Å². The van der Waals surface area contributed by atoms with Gasteiger partial charge in [-0.2, -0.15) is 0 Å². The van der Waals surface area contributed by atoms with Gasteiger partial charge in [-0.3, -0.25) is 9.59 Å². The monoisotopic (exact) mass is 334 g/mol. The van der Waals surface area contributed by atoms with Crippen LogP contribution in [0.2, 0.25) is 0 Å². The van der Waals surface area contributed by atoms with E-state index in [2.05, 4.69) is 0 Å². The molecule has 6 heteroatoms. The number of carbonyl (C=O) groups excluding carboxylic acids is 2. The van der Waals surface area contributed by atoms with Crippen molar-refractivity contribution >= 4 is 11.8 Å². The molecule has 2 amide bonds. The Kier molecular flexibility index (Phi) is 6.06. The van der Waals surface area contributed by atoms with Crippen LogP contribution >= 0.6 is 0 Å². The van der Waals surface area contributed by atoms with Gasteiger partial charge < -0.3 is 19.3 Å². The fourth-order valence-electron chi connectivity index (χ4n) is 2.98. The molecule has 2 rings (SSSR count). The zero-order valence-corrected chi connectivity index (χ0v) is 14.9. The third-order valence-corrected chi connectivity index (χ3v) is 4.34. The van der Waals surface area contributed by atoms with Crippen LogP contribution in [0.25, 0.3) is 0 Å². The van der Waals surface area contributed by atoms with Gasteiger partial charge in [-0.15, -0.1) is 0 Å². The number of nitrogens with zero attached hydrogens (tertiary/aromatic N) is 2. The van der Waals surface area contributed by atoms with Crippen molar-refractivity contribution in [2.24, 2.45) is 0 Å². The molecule has 0 aliphatic carbocycles. The highest BCUT2D eigenvalue weighted by molar-refractivity contribution is 5.84. The Morgan fingerprint density at radius 3 is 2.33 bits per heavy atom. The summed E-state index contributed by atoms with van der Waals surface area (Å²) in [6, 6.07) is 3.91. The highest BCUT2D eigenvalue weighted by Gasteiger charge is 2.24. The average molecular weight is 334 g/mol. The molecule has 0 saturated carbocycles. The third-order valence-electron chi connectivity index (χ3n) is 4.34. The summed E-state index contributed by atoms with van der Waals surface area (Å²) in [6.07, 6.45) is 1.61. The first kappa shape index (κ1) is 18.1. The van der Waals surface area contributed by atoms with Gasteiger partial charge in [0, 0.05) is 26.6 Å². The molecular weight excluding hydrogens is 308 g/mol. The molecule has 6 nitrogen and oxygen atoms in total. The summed E-state index contributed by atoms with van der Waals surface area (Å²) in [5.74, 6) is 1.30. The van der Waals surface area contributed by atoms with Crippen molar-refractivity contribution in [3.63, 3.8) is 0 Å². The van der Waals surface area contributed by atoms with Gasteiger partial charge in [0.1, 0.15) is 0 Å². The number of benzene rings is 1. The van der Waals surface area contributed by atoms with Crippen molar-refractivity contribution in [1.29, 1.82) is 0 Å². The fraction of sp³-hybridized carbons (Fsp3) is 0.556. The second kappa shape index (κ2) is 8.04. The van der Waals surface area contributed by atoms with Crippen LogP contribution in [0.5, 0.6) is 11.5 Å². The maximum absolute atomic E-state index is 12.6. The summed E-state index contributed by atoms with van der Waals surface area (Å²) in [5.41, 5.74) is 2.24. The van der Waals surface area contributed by atoms with E-state index in [4.69, 9.17) is 9.47 Å². The van der Waals surface area contributed by atoms with Gasteiger partial charge in [-0.1, -0.05) is 6.92 Å². The smallest absolute Gasteiger partial charge is 0.242 e. The molecule has 0 atom stereocenters. The zero-order chi connectivity index (χ0) is 17.7. The van der Waals surface area contributed by atoms with E-state index in [1.54, 1.807) is 24.0 Å². The maximum Gasteiger partial charge on any atom is 0.242 e. The number of amides is 2. The van der Waals surface area contributed by atoms with Crippen molar-refractivity contribution in [2.45, 2.75) is 33.2 Å². The Balaban J connectivity index is 2.11. The molecule has 0 radical (unpaired) electrons. The van der Waals surface area contributed by atoms with Crippen LogP contribution in [0.15, 0.2) is 12.1 Å². The summed E-state index contributed by atoms with van der Waals surface area (Å²) >= 11 is 0. The first-order valence-electron chi connectivity index (χ1n) is 8.27. The minimum absolute atomic E-state index is 0.0147. The number of hydrogen-bond donors (Lipinski definition) is 0. The van der Waals surface area contributed by atoms with Crippen LogP contribution < -0.4 is 9.47 Å². The van der Waals surface area contributed by atoms with Gasteiger partial charge in [0.05, 0.1) is 20.8 Å². The first-order chi connectivity index (χ1) is 11.5. The highest BCUT2D eigenvalue weighted by Crippen LogP contribution is 2.33. The SMILES string of the molecule is CCCN(CC(=O)N1CCc2cc(OC)c(OC)cc2C1)C(C)=O. The number of rotatable bonds is 6. The molecule has 0 unspecified atom stereocenters. The van der Waals surface area contributed by atoms with Crippen molar-refractivity contribution in [3.8, 4) is 11.5 Å². The minimum atomic E-state index is -0.0611. The largest absolute Gasteiger partial charge is 0.493 e. The minimum Gasteiger partial charge on any atom is -0.493 e. The zero-order valence-electron chi connectivity index (χ0n) is 14.9. The number of methoxy groups -OCH3 is 2. The Morgan fingerprint density at radius 1 is 1.17 bits per heavy atom. The quantitative estimate of drug-likeness (QED) is 0.797. The molecule has 0 N–H and O–H groups in total. The molecule has 1 heterocycles. The van der Waals surface area contributed by atoms with E-state index in [9.17, 15) is 9.59 Å². The summed E-state index contributed by atoms with van der Waals surface area (Å²) in [7, 11) is 3.22. The highest BCUT2D eigenvalue weighted by atomic mass is 16.5. The molecule has 0 aromatic heterocycles. The van der Waals surface area contributed by atoms with Gasteiger partial charge in [-0.05, 0) is 36.1 Å². The molecule has 0 fully saturated rings. The lowest BCUT2D eigenvalue weighted by molar-refractivity contribution is -0.140. The van der Waals surface area contributed by atoms with E-state index in [0.29, 0.717) is 31.1 Å². The molecule has 24 heavy (non-hydrogen) atoms. The number of ether oxygens (including phenoxy) is 2. The van der Waals surface area contributed by atoms with Crippen molar-refractivity contribution in [2.75, 3.05) is 33.9 Å². The Hall–Kier alpha value is -2.24. The molecule has 0 spiro atoms. The fourth-order valence-corrected chi connectivity index (χ4v) is 2.98. The summed E-state index contributed by atoms with van der Waals surface area (Å²) in [6.45, 7) is 5.44. The van der Waals surface area contributed by atoms with Gasteiger partial charge in [-0.25, -0.2) is 0 Å². The number of fused-ring (bicyclic) bond motifs is 1. The maximum atomic E-state index is 12.6. The third kappa shape index (κ3) is 3.99. The molecule has 1 aromatic carbocycles. The average Bonchev–Trinajstić information content (AvgIpc) is 2.59. The lowest BCUT2D eigenvalue weighted by Gasteiger charge is -2.31. The summed E-state index contributed by atoms with van der Waals surface area (Å²) in [5, 5.41) is 0. The van der Waals surface area contributed by atoms with Crippen molar-refractivity contribution < 1.29 is 19.1 Å². The number of carbonyl (C=O) groups is 2. The van der Waals surface area contributed by atoms with E-state index in [0.717, 1.165) is 18.4 Å². The second-order valence-electron chi connectivity index (χ2n) is 5.98. The van der Waals surface area contributed by atoms with Crippen molar-refractivity contribution in [1.82, 2.24) is 9.80 Å². The van der Waals surface area contributed by atoms with E-state index in [-0.39, 0.29) is 18.4 Å².